The minimum atomic E-state index is 0. The normalized spacial score (nSPS) is 10.9. The van der Waals surface area contributed by atoms with E-state index in [1.807, 2.05) is 0 Å². The van der Waals surface area contributed by atoms with Crippen LogP contribution in [0.25, 0.3) is 0 Å². The molecule has 2 unspecified atom stereocenters. The zero-order valence-corrected chi connectivity index (χ0v) is 17.2. The summed E-state index contributed by atoms with van der Waals surface area (Å²) in [6, 6.07) is 0. The molecular formula is C14H32S2Sn. The van der Waals surface area contributed by atoms with Crippen LogP contribution in [-0.4, -0.2) is 34.4 Å². The summed E-state index contributed by atoms with van der Waals surface area (Å²) in [6.07, 6.45) is 4.83. The molecule has 17 heavy (non-hydrogen) atoms. The predicted octanol–water partition coefficient (Wildman–Crippen LogP) is 4.74. The van der Waals surface area contributed by atoms with E-state index in [-0.39, 0.29) is 23.9 Å². The van der Waals surface area contributed by atoms with E-state index in [9.17, 15) is 0 Å². The summed E-state index contributed by atoms with van der Waals surface area (Å²) in [5.41, 5.74) is 0. The van der Waals surface area contributed by atoms with Gasteiger partial charge < -0.3 is 25.3 Å². The van der Waals surface area contributed by atoms with E-state index < -0.39 is 0 Å². The quantitative estimate of drug-likeness (QED) is 0.508. The molecule has 0 N–H and O–H groups in total. The monoisotopic (exact) mass is 384 g/mol. The van der Waals surface area contributed by atoms with Crippen molar-refractivity contribution >= 4 is 49.2 Å². The van der Waals surface area contributed by atoms with Gasteiger partial charge >= 0.3 is 23.9 Å². The molecule has 0 saturated heterocycles. The molecule has 0 aromatic heterocycles. The van der Waals surface area contributed by atoms with Crippen LogP contribution >= 0.6 is 0 Å². The second kappa shape index (κ2) is 36.0. The molecule has 0 aromatic rings. The van der Waals surface area contributed by atoms with Crippen LogP contribution in [0.5, 0.6) is 0 Å². The van der Waals surface area contributed by atoms with Crippen molar-refractivity contribution in [2.24, 2.45) is 0 Å². The van der Waals surface area contributed by atoms with Crippen LogP contribution in [0, 0.1) is 13.8 Å². The molecule has 0 amide bonds. The summed E-state index contributed by atoms with van der Waals surface area (Å²) in [6.45, 7) is 18.4. The Hall–Kier alpha value is 1.50. The second-order valence-corrected chi connectivity index (χ2v) is 4.81. The third-order valence-electron chi connectivity index (χ3n) is 1.39. The number of rotatable bonds is 4. The van der Waals surface area contributed by atoms with Gasteiger partial charge in [-0.05, 0) is 0 Å². The van der Waals surface area contributed by atoms with E-state index in [0.29, 0.717) is 10.5 Å². The van der Waals surface area contributed by atoms with Gasteiger partial charge in [-0.25, -0.2) is 0 Å². The van der Waals surface area contributed by atoms with Crippen molar-refractivity contribution in [3.63, 3.8) is 0 Å². The summed E-state index contributed by atoms with van der Waals surface area (Å²) in [7, 11) is 0. The van der Waals surface area contributed by atoms with Crippen LogP contribution in [-0.2, 0) is 25.3 Å². The van der Waals surface area contributed by atoms with Gasteiger partial charge in [0.1, 0.15) is 0 Å². The van der Waals surface area contributed by atoms with Crippen molar-refractivity contribution in [3.05, 3.63) is 13.8 Å². The molecule has 0 aliphatic carbocycles. The first kappa shape index (κ1) is 31.1. The van der Waals surface area contributed by atoms with Crippen molar-refractivity contribution < 1.29 is 0 Å². The van der Waals surface area contributed by atoms with Gasteiger partial charge in [-0.15, -0.1) is 0 Å². The Labute approximate surface area is 140 Å². The van der Waals surface area contributed by atoms with Crippen molar-refractivity contribution in [3.8, 4) is 0 Å². The summed E-state index contributed by atoms with van der Waals surface area (Å²) >= 11 is 9.76. The molecule has 0 fully saturated rings. The molecule has 0 nitrogen and oxygen atoms in total. The van der Waals surface area contributed by atoms with Crippen molar-refractivity contribution in [2.75, 3.05) is 0 Å². The fourth-order valence-corrected chi connectivity index (χ4v) is 1.28. The number of hydrogen-bond acceptors (Lipinski definition) is 2. The Morgan fingerprint density at radius 2 is 0.941 bits per heavy atom. The van der Waals surface area contributed by atoms with Crippen molar-refractivity contribution in [1.29, 1.82) is 0 Å². The first-order valence-electron chi connectivity index (χ1n) is 6.27. The maximum absolute atomic E-state index is 4.88. The maximum Gasteiger partial charge on any atom is 2.00 e. The van der Waals surface area contributed by atoms with E-state index >= 15 is 0 Å². The van der Waals surface area contributed by atoms with Gasteiger partial charge in [0, 0.05) is 0 Å². The van der Waals surface area contributed by atoms with Gasteiger partial charge in [0.25, 0.3) is 0 Å². The molecule has 104 valence electrons. The molecule has 0 bridgehead atoms. The smallest absolute Gasteiger partial charge is 0.789 e. The average Bonchev–Trinajstić information content (AvgIpc) is 2.24. The van der Waals surface area contributed by atoms with Gasteiger partial charge in [-0.2, -0.15) is 10.5 Å². The molecule has 0 aromatic carbocycles. The standard InChI is InChI=1S/2C5H12S.2C2H5.Sn/c2*1-3-4-5(2)6;2*1-2;/h2*5-6H,3-4H2,1-2H3;2*1H2,2H3;/q;;;;+2/p-2. The second-order valence-electron chi connectivity index (χ2n) is 3.20. The zero-order valence-electron chi connectivity index (χ0n) is 12.7. The first-order valence-corrected chi connectivity index (χ1v) is 7.21. The summed E-state index contributed by atoms with van der Waals surface area (Å²) in [5, 5.41) is 0.963. The minimum Gasteiger partial charge on any atom is -0.789 e. The van der Waals surface area contributed by atoms with Crippen LogP contribution < -0.4 is 0 Å². The molecule has 0 heterocycles. The fourth-order valence-electron chi connectivity index (χ4n) is 0.813. The number of hydrogen-bond donors (Lipinski definition) is 0. The summed E-state index contributed by atoms with van der Waals surface area (Å²) < 4.78 is 0. The Morgan fingerprint density at radius 3 is 0.941 bits per heavy atom. The van der Waals surface area contributed by atoms with E-state index in [4.69, 9.17) is 25.3 Å². The summed E-state index contributed by atoms with van der Waals surface area (Å²) in [4.78, 5) is 0. The summed E-state index contributed by atoms with van der Waals surface area (Å²) in [5.74, 6) is 0. The van der Waals surface area contributed by atoms with Crippen molar-refractivity contribution in [2.45, 2.75) is 77.7 Å². The molecule has 3 heteroatoms. The van der Waals surface area contributed by atoms with Crippen molar-refractivity contribution in [1.82, 2.24) is 0 Å². The van der Waals surface area contributed by atoms with E-state index in [1.54, 1.807) is 13.8 Å². The maximum atomic E-state index is 4.88. The molecule has 0 spiro atoms. The van der Waals surface area contributed by atoms with Crippen LogP contribution in [0.1, 0.15) is 67.2 Å². The Kier molecular flexibility index (Phi) is 65.9. The third-order valence-corrected chi connectivity index (χ3v) is 1.86. The van der Waals surface area contributed by atoms with Gasteiger partial charge in [0.05, 0.1) is 0 Å². The van der Waals surface area contributed by atoms with Crippen LogP contribution in [0.2, 0.25) is 0 Å². The molecule has 0 saturated carbocycles. The first-order chi connectivity index (χ1) is 7.54. The SMILES string of the molecule is CCCC(C)[S-].CCCC(C)[S-].[CH2]C.[CH2]C.[Sn+2]. The Bertz CT molecular complexity index is 66.6. The molecule has 2 atom stereocenters. The van der Waals surface area contributed by atoms with Gasteiger partial charge in [0.15, 0.2) is 0 Å². The largest absolute Gasteiger partial charge is 2.00 e. The van der Waals surface area contributed by atoms with Gasteiger partial charge in [0.2, 0.25) is 0 Å². The predicted molar refractivity (Wildman–Crippen MR) is 91.3 cm³/mol. The fraction of sp³-hybridized carbons (Fsp3) is 0.857. The van der Waals surface area contributed by atoms with E-state index in [2.05, 4.69) is 41.5 Å². The molecular weight excluding hydrogens is 351 g/mol. The van der Waals surface area contributed by atoms with Crippen LogP contribution in [0.15, 0.2) is 0 Å². The minimum absolute atomic E-state index is 0. The third kappa shape index (κ3) is 74.8. The van der Waals surface area contributed by atoms with Gasteiger partial charge in [-0.3, -0.25) is 0 Å². The molecule has 4 radical (unpaired) electrons. The van der Waals surface area contributed by atoms with Gasteiger partial charge in [-0.1, -0.05) is 81.1 Å². The van der Waals surface area contributed by atoms with E-state index in [0.717, 1.165) is 0 Å². The molecule has 0 aliphatic heterocycles. The zero-order chi connectivity index (χ0) is 14.0. The Morgan fingerprint density at radius 1 is 0.765 bits per heavy atom. The molecule has 0 rings (SSSR count). The van der Waals surface area contributed by atoms with Crippen LogP contribution in [0.3, 0.4) is 0 Å². The average molecular weight is 383 g/mol. The van der Waals surface area contributed by atoms with Crippen LogP contribution in [0.4, 0.5) is 0 Å². The van der Waals surface area contributed by atoms with E-state index in [1.165, 1.54) is 25.7 Å². The Balaban J connectivity index is -0.0000000417. The molecule has 0 aliphatic rings. The topological polar surface area (TPSA) is 0 Å².